The van der Waals surface area contributed by atoms with E-state index in [0.29, 0.717) is 0 Å². The molecule has 0 unspecified atom stereocenters. The zero-order chi connectivity index (χ0) is 15.4. The molecular formula is C16H28N4O2. The Morgan fingerprint density at radius 2 is 2.18 bits per heavy atom. The van der Waals surface area contributed by atoms with Crippen LogP contribution in [-0.2, 0) is 23.1 Å². The van der Waals surface area contributed by atoms with Crippen molar-refractivity contribution < 1.29 is 9.47 Å². The molecular weight excluding hydrogens is 280 g/mol. The second-order valence-electron chi connectivity index (χ2n) is 6.80. The molecule has 1 aromatic rings. The molecule has 2 aliphatic rings. The third-order valence-corrected chi connectivity index (χ3v) is 4.81. The van der Waals surface area contributed by atoms with E-state index in [0.717, 1.165) is 59.1 Å². The molecule has 0 bridgehead atoms. The summed E-state index contributed by atoms with van der Waals surface area (Å²) >= 11 is 0. The molecule has 1 aromatic heterocycles. The highest BCUT2D eigenvalue weighted by molar-refractivity contribution is 5.04. The van der Waals surface area contributed by atoms with Crippen LogP contribution in [0.25, 0.3) is 0 Å². The highest BCUT2D eigenvalue weighted by atomic mass is 16.5. The second-order valence-corrected chi connectivity index (χ2v) is 6.80. The first-order valence-corrected chi connectivity index (χ1v) is 8.18. The van der Waals surface area contributed by atoms with Crippen molar-refractivity contribution in [3.8, 4) is 0 Å². The van der Waals surface area contributed by atoms with Crippen LogP contribution in [-0.4, -0.2) is 79.2 Å². The number of aryl methyl sites for hydroxylation is 1. The van der Waals surface area contributed by atoms with Gasteiger partial charge in [0.05, 0.1) is 26.0 Å². The maximum absolute atomic E-state index is 5.94. The summed E-state index contributed by atoms with van der Waals surface area (Å²) in [5.74, 6) is 0. The number of ether oxygens (including phenoxy) is 2. The molecule has 1 spiro atoms. The summed E-state index contributed by atoms with van der Waals surface area (Å²) in [6.45, 7) is 8.95. The molecule has 0 amide bonds. The van der Waals surface area contributed by atoms with Gasteiger partial charge in [-0.25, -0.2) is 0 Å². The number of likely N-dealkylation sites (tertiary alicyclic amines) is 1. The topological polar surface area (TPSA) is 42.8 Å². The monoisotopic (exact) mass is 308 g/mol. The van der Waals surface area contributed by atoms with Crippen molar-refractivity contribution in [2.24, 2.45) is 12.5 Å². The van der Waals surface area contributed by atoms with Gasteiger partial charge in [-0.2, -0.15) is 5.10 Å². The minimum atomic E-state index is 0.284. The lowest BCUT2D eigenvalue weighted by molar-refractivity contribution is 0.0682. The van der Waals surface area contributed by atoms with Crippen LogP contribution in [0.2, 0.25) is 0 Å². The van der Waals surface area contributed by atoms with Crippen LogP contribution in [0, 0.1) is 5.41 Å². The fraction of sp³-hybridized carbons (Fsp3) is 0.812. The number of nitrogens with zero attached hydrogens (tertiary/aromatic N) is 4. The molecule has 2 fully saturated rings. The van der Waals surface area contributed by atoms with Gasteiger partial charge >= 0.3 is 0 Å². The van der Waals surface area contributed by atoms with E-state index in [1.54, 1.807) is 7.11 Å². The Bertz CT molecular complexity index is 478. The Morgan fingerprint density at radius 3 is 2.95 bits per heavy atom. The van der Waals surface area contributed by atoms with E-state index in [4.69, 9.17) is 9.47 Å². The van der Waals surface area contributed by atoms with Gasteiger partial charge in [-0.1, -0.05) is 0 Å². The molecule has 0 aromatic carbocycles. The van der Waals surface area contributed by atoms with E-state index in [2.05, 4.69) is 21.1 Å². The molecule has 6 nitrogen and oxygen atoms in total. The lowest BCUT2D eigenvalue weighted by atomic mass is 9.87. The SMILES string of the molecule is COCCN1CC[C@@]2(COCCN(Cc3cnn(C)c3)C2)C1. The Morgan fingerprint density at radius 1 is 1.32 bits per heavy atom. The maximum atomic E-state index is 5.94. The standard InChI is InChI=1S/C16H28N4O2/c1-18-10-15(9-17-18)11-20-6-8-22-14-16(13-20)3-4-19(12-16)5-7-21-2/h9-10H,3-8,11-14H2,1-2H3/t16-/m1/s1. The van der Waals surface area contributed by atoms with Crippen LogP contribution in [0.4, 0.5) is 0 Å². The summed E-state index contributed by atoms with van der Waals surface area (Å²) in [5, 5.41) is 4.28. The molecule has 0 aliphatic carbocycles. The summed E-state index contributed by atoms with van der Waals surface area (Å²) < 4.78 is 13.0. The van der Waals surface area contributed by atoms with Crippen molar-refractivity contribution in [3.05, 3.63) is 18.0 Å². The van der Waals surface area contributed by atoms with Crippen LogP contribution >= 0.6 is 0 Å². The molecule has 6 heteroatoms. The number of hydrogen-bond donors (Lipinski definition) is 0. The lowest BCUT2D eigenvalue weighted by Gasteiger charge is -2.31. The van der Waals surface area contributed by atoms with E-state index in [1.807, 2.05) is 17.9 Å². The minimum absolute atomic E-state index is 0.284. The zero-order valence-electron chi connectivity index (χ0n) is 13.8. The first-order valence-electron chi connectivity index (χ1n) is 8.18. The molecule has 2 saturated heterocycles. The normalized spacial score (nSPS) is 27.5. The number of rotatable bonds is 5. The van der Waals surface area contributed by atoms with E-state index < -0.39 is 0 Å². The fourth-order valence-electron chi connectivity index (χ4n) is 3.71. The van der Waals surface area contributed by atoms with Crippen LogP contribution < -0.4 is 0 Å². The van der Waals surface area contributed by atoms with Crippen molar-refractivity contribution >= 4 is 0 Å². The molecule has 3 heterocycles. The second kappa shape index (κ2) is 7.08. The summed E-state index contributed by atoms with van der Waals surface area (Å²) in [6.07, 6.45) is 5.30. The van der Waals surface area contributed by atoms with E-state index in [-0.39, 0.29) is 5.41 Å². The van der Waals surface area contributed by atoms with Crippen molar-refractivity contribution in [2.75, 3.05) is 59.7 Å². The summed E-state index contributed by atoms with van der Waals surface area (Å²) in [6, 6.07) is 0. The fourth-order valence-corrected chi connectivity index (χ4v) is 3.71. The van der Waals surface area contributed by atoms with Gasteiger partial charge in [0.2, 0.25) is 0 Å². The molecule has 2 aliphatic heterocycles. The summed E-state index contributed by atoms with van der Waals surface area (Å²) in [7, 11) is 3.75. The molecule has 22 heavy (non-hydrogen) atoms. The largest absolute Gasteiger partial charge is 0.383 e. The van der Waals surface area contributed by atoms with Gasteiger partial charge in [-0.3, -0.25) is 9.58 Å². The highest BCUT2D eigenvalue weighted by Crippen LogP contribution is 2.33. The zero-order valence-corrected chi connectivity index (χ0v) is 13.8. The summed E-state index contributed by atoms with van der Waals surface area (Å²) in [5.41, 5.74) is 1.57. The van der Waals surface area contributed by atoms with Gasteiger partial charge in [-0.05, 0) is 13.0 Å². The van der Waals surface area contributed by atoms with Crippen molar-refractivity contribution in [2.45, 2.75) is 13.0 Å². The minimum Gasteiger partial charge on any atom is -0.383 e. The van der Waals surface area contributed by atoms with Gasteiger partial charge < -0.3 is 14.4 Å². The average Bonchev–Trinajstić information content (AvgIpc) is 3.02. The molecule has 3 rings (SSSR count). The van der Waals surface area contributed by atoms with Crippen LogP contribution in [0.15, 0.2) is 12.4 Å². The van der Waals surface area contributed by atoms with E-state index >= 15 is 0 Å². The van der Waals surface area contributed by atoms with Gasteiger partial charge in [-0.15, -0.1) is 0 Å². The first kappa shape index (κ1) is 15.9. The van der Waals surface area contributed by atoms with Crippen LogP contribution in [0.3, 0.4) is 0 Å². The smallest absolute Gasteiger partial charge is 0.0593 e. The Labute approximate surface area is 133 Å². The van der Waals surface area contributed by atoms with Gasteiger partial charge in [0.1, 0.15) is 0 Å². The number of aromatic nitrogens is 2. The molecule has 1 atom stereocenters. The number of methoxy groups -OCH3 is 1. The lowest BCUT2D eigenvalue weighted by Crippen LogP contribution is -2.40. The third kappa shape index (κ3) is 3.87. The molecule has 0 radical (unpaired) electrons. The predicted octanol–water partition coefficient (Wildman–Crippen LogP) is 0.591. The maximum Gasteiger partial charge on any atom is 0.0593 e. The van der Waals surface area contributed by atoms with E-state index in [1.165, 1.54) is 12.0 Å². The van der Waals surface area contributed by atoms with Gasteiger partial charge in [0.15, 0.2) is 0 Å². The molecule has 0 saturated carbocycles. The highest BCUT2D eigenvalue weighted by Gasteiger charge is 2.40. The van der Waals surface area contributed by atoms with Crippen molar-refractivity contribution in [3.63, 3.8) is 0 Å². The van der Waals surface area contributed by atoms with Crippen molar-refractivity contribution in [1.29, 1.82) is 0 Å². The third-order valence-electron chi connectivity index (χ3n) is 4.81. The summed E-state index contributed by atoms with van der Waals surface area (Å²) in [4.78, 5) is 5.05. The average molecular weight is 308 g/mol. The number of hydrogen-bond acceptors (Lipinski definition) is 5. The van der Waals surface area contributed by atoms with Gasteiger partial charge in [0.25, 0.3) is 0 Å². The van der Waals surface area contributed by atoms with Crippen molar-refractivity contribution in [1.82, 2.24) is 19.6 Å². The molecule has 124 valence electrons. The predicted molar refractivity (Wildman–Crippen MR) is 84.7 cm³/mol. The Hall–Kier alpha value is -0.950. The van der Waals surface area contributed by atoms with Crippen LogP contribution in [0.1, 0.15) is 12.0 Å². The van der Waals surface area contributed by atoms with E-state index in [9.17, 15) is 0 Å². The Kier molecular flexibility index (Phi) is 5.13. The quantitative estimate of drug-likeness (QED) is 0.796. The first-order chi connectivity index (χ1) is 10.7. The van der Waals surface area contributed by atoms with Crippen LogP contribution in [0.5, 0.6) is 0 Å². The molecule has 0 N–H and O–H groups in total. The van der Waals surface area contributed by atoms with Gasteiger partial charge in [0, 0.05) is 64.1 Å². The Balaban J connectivity index is 1.60.